The lowest BCUT2D eigenvalue weighted by Gasteiger charge is -2.25. The van der Waals surface area contributed by atoms with Crippen LogP contribution in [0.25, 0.3) is 0 Å². The summed E-state index contributed by atoms with van der Waals surface area (Å²) in [6, 6.07) is 0. The van der Waals surface area contributed by atoms with Gasteiger partial charge in [0.05, 0.1) is 0 Å². The number of nitrogens with one attached hydrogen (secondary N) is 1. The highest BCUT2D eigenvalue weighted by Crippen LogP contribution is 2.51. The minimum atomic E-state index is 0.587. The predicted octanol–water partition coefficient (Wildman–Crippen LogP) is 1.98. The van der Waals surface area contributed by atoms with Gasteiger partial charge in [0, 0.05) is 13.1 Å². The zero-order chi connectivity index (χ0) is 11.5. The molecule has 0 aromatic carbocycles. The molecule has 0 unspecified atom stereocenters. The molecule has 2 atom stereocenters. The summed E-state index contributed by atoms with van der Waals surface area (Å²) in [6.45, 7) is 6.18. The maximum absolute atomic E-state index is 5.80. The van der Waals surface area contributed by atoms with Crippen molar-refractivity contribution in [2.75, 3.05) is 13.1 Å². The Morgan fingerprint density at radius 2 is 2.19 bits per heavy atom. The first-order valence-electron chi connectivity index (χ1n) is 6.70. The van der Waals surface area contributed by atoms with Crippen molar-refractivity contribution in [3.63, 3.8) is 0 Å². The fourth-order valence-corrected chi connectivity index (χ4v) is 2.52. The summed E-state index contributed by atoms with van der Waals surface area (Å²) in [5, 5.41) is 3.26. The molecule has 0 saturated heterocycles. The zero-order valence-electron chi connectivity index (χ0n) is 10.6. The van der Waals surface area contributed by atoms with E-state index in [4.69, 9.17) is 5.73 Å². The Labute approximate surface area is 98.9 Å². The first-order chi connectivity index (χ1) is 7.66. The van der Waals surface area contributed by atoms with Crippen LogP contribution in [0.1, 0.15) is 39.5 Å². The van der Waals surface area contributed by atoms with E-state index in [1.54, 1.807) is 0 Å². The molecule has 0 radical (unpaired) electrons. The second-order valence-corrected chi connectivity index (χ2v) is 5.85. The lowest BCUT2D eigenvalue weighted by atomic mass is 9.81. The number of hydrogen-bond acceptors (Lipinski definition) is 1. The average molecular weight is 223 g/mol. The molecule has 0 amide bonds. The van der Waals surface area contributed by atoms with Crippen LogP contribution in [0.15, 0.2) is 4.99 Å². The van der Waals surface area contributed by atoms with E-state index < -0.39 is 0 Å². The molecule has 3 nitrogen and oxygen atoms in total. The van der Waals surface area contributed by atoms with Gasteiger partial charge in [-0.15, -0.1) is 0 Å². The fourth-order valence-electron chi connectivity index (χ4n) is 2.52. The summed E-state index contributed by atoms with van der Waals surface area (Å²) in [4.78, 5) is 4.31. The van der Waals surface area contributed by atoms with Crippen LogP contribution in [0.4, 0.5) is 0 Å². The Morgan fingerprint density at radius 1 is 1.44 bits per heavy atom. The van der Waals surface area contributed by atoms with E-state index in [0.29, 0.717) is 11.9 Å². The average Bonchev–Trinajstić information content (AvgIpc) is 2.88. The van der Waals surface area contributed by atoms with Gasteiger partial charge in [0.2, 0.25) is 0 Å². The minimum absolute atomic E-state index is 0.587. The molecule has 2 aliphatic rings. The van der Waals surface area contributed by atoms with Crippen LogP contribution in [0.5, 0.6) is 0 Å². The maximum Gasteiger partial charge on any atom is 0.188 e. The van der Waals surface area contributed by atoms with Gasteiger partial charge < -0.3 is 11.1 Å². The van der Waals surface area contributed by atoms with Crippen molar-refractivity contribution >= 4 is 5.96 Å². The second kappa shape index (κ2) is 5.07. The Hall–Kier alpha value is -0.730. The lowest BCUT2D eigenvalue weighted by molar-refractivity contribution is 0.265. The van der Waals surface area contributed by atoms with Crippen LogP contribution in [0, 0.1) is 23.7 Å². The normalized spacial score (nSPS) is 30.3. The van der Waals surface area contributed by atoms with E-state index in [-0.39, 0.29) is 0 Å². The molecule has 0 bridgehead atoms. The van der Waals surface area contributed by atoms with Crippen molar-refractivity contribution in [3.8, 4) is 0 Å². The van der Waals surface area contributed by atoms with Crippen molar-refractivity contribution in [1.29, 1.82) is 0 Å². The van der Waals surface area contributed by atoms with Crippen molar-refractivity contribution in [2.45, 2.75) is 39.5 Å². The first-order valence-corrected chi connectivity index (χ1v) is 6.70. The van der Waals surface area contributed by atoms with Gasteiger partial charge in [-0.2, -0.15) is 0 Å². The van der Waals surface area contributed by atoms with Crippen molar-refractivity contribution in [1.82, 2.24) is 5.32 Å². The molecule has 0 aliphatic heterocycles. The van der Waals surface area contributed by atoms with E-state index in [2.05, 4.69) is 24.2 Å². The van der Waals surface area contributed by atoms with Gasteiger partial charge >= 0.3 is 0 Å². The highest BCUT2D eigenvalue weighted by Gasteiger charge is 2.44. The summed E-state index contributed by atoms with van der Waals surface area (Å²) in [5.41, 5.74) is 5.80. The van der Waals surface area contributed by atoms with Gasteiger partial charge in [0.25, 0.3) is 0 Å². The summed E-state index contributed by atoms with van der Waals surface area (Å²) in [7, 11) is 0. The number of nitrogens with zero attached hydrogens (tertiary/aromatic N) is 1. The van der Waals surface area contributed by atoms with Gasteiger partial charge in [-0.25, -0.2) is 0 Å². The van der Waals surface area contributed by atoms with Crippen molar-refractivity contribution in [2.24, 2.45) is 34.4 Å². The van der Waals surface area contributed by atoms with Crippen LogP contribution in [-0.4, -0.2) is 19.0 Å². The van der Waals surface area contributed by atoms with Crippen LogP contribution in [-0.2, 0) is 0 Å². The van der Waals surface area contributed by atoms with E-state index in [9.17, 15) is 0 Å². The third-order valence-electron chi connectivity index (χ3n) is 3.90. The van der Waals surface area contributed by atoms with Crippen molar-refractivity contribution < 1.29 is 0 Å². The Bertz CT molecular complexity index is 256. The van der Waals surface area contributed by atoms with Crippen LogP contribution < -0.4 is 11.1 Å². The van der Waals surface area contributed by atoms with Gasteiger partial charge in [-0.1, -0.05) is 33.1 Å². The molecule has 3 heteroatoms. The molecule has 2 rings (SSSR count). The molecule has 2 fully saturated rings. The molecule has 2 aliphatic carbocycles. The number of rotatable bonds is 5. The van der Waals surface area contributed by atoms with Gasteiger partial charge in [0.1, 0.15) is 0 Å². The first kappa shape index (κ1) is 11.7. The predicted molar refractivity (Wildman–Crippen MR) is 68.3 cm³/mol. The summed E-state index contributed by atoms with van der Waals surface area (Å²) >= 11 is 0. The highest BCUT2D eigenvalue weighted by atomic mass is 15.1. The Morgan fingerprint density at radius 3 is 2.75 bits per heavy atom. The van der Waals surface area contributed by atoms with E-state index in [0.717, 1.165) is 30.8 Å². The molecular weight excluding hydrogens is 198 g/mol. The van der Waals surface area contributed by atoms with E-state index in [1.165, 1.54) is 25.7 Å². The Kier molecular flexibility index (Phi) is 3.72. The summed E-state index contributed by atoms with van der Waals surface area (Å²) in [6.07, 6.45) is 5.81. The van der Waals surface area contributed by atoms with Crippen LogP contribution >= 0.6 is 0 Å². The zero-order valence-corrected chi connectivity index (χ0v) is 10.6. The molecule has 0 aromatic rings. The SMILES string of the molecule is CC(C)CN=C(N)NC[C@@H]1C[C@H]1C1CCC1. The number of aliphatic imine (C=N–C) groups is 1. The molecule has 0 spiro atoms. The maximum atomic E-state index is 5.80. The van der Waals surface area contributed by atoms with Gasteiger partial charge in [0.15, 0.2) is 5.96 Å². The van der Waals surface area contributed by atoms with Gasteiger partial charge in [-0.3, -0.25) is 4.99 Å². The minimum Gasteiger partial charge on any atom is -0.370 e. The van der Waals surface area contributed by atoms with Gasteiger partial charge in [-0.05, 0) is 30.1 Å². The summed E-state index contributed by atoms with van der Waals surface area (Å²) < 4.78 is 0. The molecule has 2 saturated carbocycles. The molecule has 3 N–H and O–H groups in total. The van der Waals surface area contributed by atoms with Crippen molar-refractivity contribution in [3.05, 3.63) is 0 Å². The smallest absolute Gasteiger partial charge is 0.188 e. The number of nitrogens with two attached hydrogens (primary N) is 1. The third-order valence-corrected chi connectivity index (χ3v) is 3.90. The molecule has 16 heavy (non-hydrogen) atoms. The van der Waals surface area contributed by atoms with E-state index in [1.807, 2.05) is 0 Å². The molecule has 92 valence electrons. The topological polar surface area (TPSA) is 50.4 Å². The molecule has 0 heterocycles. The second-order valence-electron chi connectivity index (χ2n) is 5.85. The standard InChI is InChI=1S/C13H25N3/c1-9(2)7-15-13(14)16-8-11-6-12(11)10-4-3-5-10/h9-12H,3-8H2,1-2H3,(H3,14,15,16)/t11-,12-/m0/s1. The fraction of sp³-hybridized carbons (Fsp3) is 0.923. The highest BCUT2D eigenvalue weighted by molar-refractivity contribution is 5.77. The Balaban J connectivity index is 1.59. The number of guanidine groups is 1. The number of hydrogen-bond donors (Lipinski definition) is 2. The molecular formula is C13H25N3. The molecule has 0 aromatic heterocycles. The van der Waals surface area contributed by atoms with E-state index >= 15 is 0 Å². The monoisotopic (exact) mass is 223 g/mol. The van der Waals surface area contributed by atoms with Crippen LogP contribution in [0.3, 0.4) is 0 Å². The quantitative estimate of drug-likeness (QED) is 0.553. The third kappa shape index (κ3) is 3.13. The largest absolute Gasteiger partial charge is 0.370 e. The summed E-state index contributed by atoms with van der Waals surface area (Å²) in [5.74, 6) is 4.13. The lowest BCUT2D eigenvalue weighted by Crippen LogP contribution is -2.34. The van der Waals surface area contributed by atoms with Crippen LogP contribution in [0.2, 0.25) is 0 Å².